The first kappa shape index (κ1) is 18.8. The summed E-state index contributed by atoms with van der Waals surface area (Å²) in [6.07, 6.45) is 5.73. The molecule has 0 radical (unpaired) electrons. The quantitative estimate of drug-likeness (QED) is 0.501. The van der Waals surface area contributed by atoms with Gasteiger partial charge in [-0.1, -0.05) is 51.0 Å². The maximum absolute atomic E-state index is 10.4. The van der Waals surface area contributed by atoms with Crippen molar-refractivity contribution >= 4 is 24.1 Å². The Labute approximate surface area is 147 Å². The number of hydrogen-bond acceptors (Lipinski definition) is 5. The van der Waals surface area contributed by atoms with Gasteiger partial charge in [0.15, 0.2) is 0 Å². The van der Waals surface area contributed by atoms with Gasteiger partial charge in [-0.2, -0.15) is 4.28 Å². The summed E-state index contributed by atoms with van der Waals surface area (Å²) in [6.45, 7) is 5.03. The van der Waals surface area contributed by atoms with Crippen molar-refractivity contribution in [1.82, 2.24) is 5.23 Å². The van der Waals surface area contributed by atoms with Crippen LogP contribution in [0.4, 0.5) is 0 Å². The number of carboxylic acids is 1. The van der Waals surface area contributed by atoms with E-state index in [1.54, 1.807) is 0 Å². The summed E-state index contributed by atoms with van der Waals surface area (Å²) in [7, 11) is 0. The average molecular weight is 351 g/mol. The molecule has 1 fully saturated rings. The maximum Gasteiger partial charge on any atom is 0.303 e. The van der Waals surface area contributed by atoms with E-state index in [1.165, 1.54) is 22.8 Å². The monoisotopic (exact) mass is 351 g/mol. The fourth-order valence-electron chi connectivity index (χ4n) is 2.33. The fourth-order valence-corrected chi connectivity index (χ4v) is 2.89. The van der Waals surface area contributed by atoms with E-state index in [-0.39, 0.29) is 6.42 Å². The fraction of sp³-hybridized carbons (Fsp3) is 0.500. The molecule has 0 aromatic heterocycles. The van der Waals surface area contributed by atoms with Crippen molar-refractivity contribution in [3.8, 4) is 0 Å². The first-order valence-electron chi connectivity index (χ1n) is 8.38. The van der Waals surface area contributed by atoms with Gasteiger partial charge in [0.25, 0.3) is 0 Å². The van der Waals surface area contributed by atoms with Crippen molar-refractivity contribution in [3.63, 3.8) is 0 Å². The minimum Gasteiger partial charge on any atom is -0.481 e. The zero-order valence-corrected chi connectivity index (χ0v) is 15.1. The van der Waals surface area contributed by atoms with Crippen molar-refractivity contribution < 1.29 is 19.0 Å². The van der Waals surface area contributed by atoms with Crippen LogP contribution in [0.1, 0.15) is 63.0 Å². The maximum atomic E-state index is 10.4. The number of rotatable bonds is 9. The molecule has 1 aliphatic heterocycles. The van der Waals surface area contributed by atoms with Gasteiger partial charge in [-0.05, 0) is 41.2 Å². The van der Waals surface area contributed by atoms with Crippen LogP contribution in [0.15, 0.2) is 29.4 Å². The highest BCUT2D eigenvalue weighted by Crippen LogP contribution is 2.31. The molecule has 1 N–H and O–H groups in total. The molecule has 1 aromatic rings. The van der Waals surface area contributed by atoms with Gasteiger partial charge in [0.2, 0.25) is 5.09 Å². The molecule has 0 amide bonds. The van der Waals surface area contributed by atoms with Gasteiger partial charge in [0.1, 0.15) is 0 Å². The number of hydroxylamine groups is 2. The van der Waals surface area contributed by atoms with Gasteiger partial charge in [0, 0.05) is 6.42 Å². The van der Waals surface area contributed by atoms with E-state index in [0.29, 0.717) is 12.5 Å². The number of nitrogens with zero attached hydrogens (tertiary/aromatic N) is 1. The standard InChI is InChI=1S/C18H25NO4S/c1-14(2)16-10-8-15(9-11-16)13-18-22-19(23-24-18)12-6-4-3-5-7-17(20)21/h8-11,13-14H,3-7,12H2,1-2H3,(H,20,21)/b18-13-. The number of benzene rings is 1. The highest BCUT2D eigenvalue weighted by molar-refractivity contribution is 7.98. The molecule has 2 rings (SSSR count). The molecule has 0 aliphatic carbocycles. The molecule has 1 heterocycles. The smallest absolute Gasteiger partial charge is 0.303 e. The SMILES string of the molecule is CC(C)c1ccc(/C=C2/ON(CCCCCCC(=O)O)OS2)cc1. The van der Waals surface area contributed by atoms with Gasteiger partial charge in [-0.3, -0.25) is 4.79 Å². The Hall–Kier alpha value is -1.50. The molecule has 6 heteroatoms. The molecule has 5 nitrogen and oxygen atoms in total. The van der Waals surface area contributed by atoms with Crippen LogP contribution in [0.3, 0.4) is 0 Å². The third-order valence-corrected chi connectivity index (χ3v) is 4.36. The van der Waals surface area contributed by atoms with Gasteiger partial charge >= 0.3 is 5.97 Å². The van der Waals surface area contributed by atoms with Crippen LogP contribution < -0.4 is 0 Å². The Morgan fingerprint density at radius 2 is 1.92 bits per heavy atom. The zero-order chi connectivity index (χ0) is 17.4. The lowest BCUT2D eigenvalue weighted by Gasteiger charge is -2.10. The van der Waals surface area contributed by atoms with Crippen molar-refractivity contribution in [2.75, 3.05) is 6.54 Å². The van der Waals surface area contributed by atoms with Crippen LogP contribution in [-0.4, -0.2) is 22.8 Å². The minimum atomic E-state index is -0.728. The average Bonchev–Trinajstić information content (AvgIpc) is 2.98. The summed E-state index contributed by atoms with van der Waals surface area (Å²) < 4.78 is 5.41. The molecule has 0 atom stereocenters. The second kappa shape index (κ2) is 9.71. The van der Waals surface area contributed by atoms with E-state index in [1.807, 2.05) is 6.08 Å². The van der Waals surface area contributed by atoms with E-state index >= 15 is 0 Å². The number of carboxylic acid groups (broad SMARTS) is 1. The highest BCUT2D eigenvalue weighted by atomic mass is 32.2. The first-order valence-corrected chi connectivity index (χ1v) is 9.12. The van der Waals surface area contributed by atoms with Crippen LogP contribution in [0.5, 0.6) is 0 Å². The molecule has 0 saturated carbocycles. The van der Waals surface area contributed by atoms with E-state index in [9.17, 15) is 4.79 Å². The summed E-state index contributed by atoms with van der Waals surface area (Å²) in [5.41, 5.74) is 2.40. The summed E-state index contributed by atoms with van der Waals surface area (Å²) in [5.74, 6) is -0.202. The molecule has 0 bridgehead atoms. The normalized spacial score (nSPS) is 16.7. The number of carbonyl (C=O) groups is 1. The van der Waals surface area contributed by atoms with Gasteiger partial charge < -0.3 is 9.94 Å². The van der Waals surface area contributed by atoms with Crippen LogP contribution in [0.25, 0.3) is 6.08 Å². The Morgan fingerprint density at radius 1 is 1.21 bits per heavy atom. The largest absolute Gasteiger partial charge is 0.481 e. The molecule has 1 saturated heterocycles. The number of unbranched alkanes of at least 4 members (excludes halogenated alkanes) is 3. The lowest BCUT2D eigenvalue weighted by Crippen LogP contribution is -2.16. The van der Waals surface area contributed by atoms with Crippen LogP contribution in [-0.2, 0) is 13.9 Å². The first-order chi connectivity index (χ1) is 11.5. The van der Waals surface area contributed by atoms with E-state index in [4.69, 9.17) is 14.2 Å². The molecular formula is C18H25NO4S. The number of aliphatic carboxylic acids is 1. The Kier molecular flexibility index (Phi) is 7.62. The molecule has 0 unspecified atom stereocenters. The summed E-state index contributed by atoms with van der Waals surface area (Å²) >= 11 is 1.22. The predicted octanol–water partition coefficient (Wildman–Crippen LogP) is 4.97. The van der Waals surface area contributed by atoms with Crippen molar-refractivity contribution in [3.05, 3.63) is 40.5 Å². The van der Waals surface area contributed by atoms with E-state index < -0.39 is 5.97 Å². The Morgan fingerprint density at radius 3 is 2.58 bits per heavy atom. The van der Waals surface area contributed by atoms with Crippen molar-refractivity contribution in [2.24, 2.45) is 0 Å². The lowest BCUT2D eigenvalue weighted by molar-refractivity contribution is -0.259. The van der Waals surface area contributed by atoms with Crippen molar-refractivity contribution in [1.29, 1.82) is 0 Å². The molecule has 1 aromatic carbocycles. The van der Waals surface area contributed by atoms with Crippen LogP contribution >= 0.6 is 12.0 Å². The Bertz CT molecular complexity index is 557. The van der Waals surface area contributed by atoms with Crippen molar-refractivity contribution in [2.45, 2.75) is 51.9 Å². The van der Waals surface area contributed by atoms with Crippen LogP contribution in [0, 0.1) is 0 Å². The van der Waals surface area contributed by atoms with Gasteiger partial charge in [-0.15, -0.1) is 0 Å². The van der Waals surface area contributed by atoms with E-state index in [0.717, 1.165) is 36.3 Å². The zero-order valence-electron chi connectivity index (χ0n) is 14.2. The second-order valence-corrected chi connectivity index (χ2v) is 6.87. The number of hydrogen-bond donors (Lipinski definition) is 1. The summed E-state index contributed by atoms with van der Waals surface area (Å²) in [6, 6.07) is 8.42. The third-order valence-electron chi connectivity index (χ3n) is 3.76. The summed E-state index contributed by atoms with van der Waals surface area (Å²) in [4.78, 5) is 16.1. The van der Waals surface area contributed by atoms with Crippen LogP contribution in [0.2, 0.25) is 0 Å². The summed E-state index contributed by atoms with van der Waals surface area (Å²) in [5, 5.41) is 10.8. The predicted molar refractivity (Wildman–Crippen MR) is 95.7 cm³/mol. The molecule has 1 aliphatic rings. The Balaban J connectivity index is 1.69. The van der Waals surface area contributed by atoms with E-state index in [2.05, 4.69) is 38.1 Å². The topological polar surface area (TPSA) is 59.0 Å². The lowest BCUT2D eigenvalue weighted by atomic mass is 10.0. The molecule has 132 valence electrons. The highest BCUT2D eigenvalue weighted by Gasteiger charge is 2.20. The van der Waals surface area contributed by atoms with Gasteiger partial charge in [-0.25, -0.2) is 0 Å². The molecule has 24 heavy (non-hydrogen) atoms. The van der Waals surface area contributed by atoms with Gasteiger partial charge in [0.05, 0.1) is 18.6 Å². The minimum absolute atomic E-state index is 0.245. The molecular weight excluding hydrogens is 326 g/mol. The second-order valence-electron chi connectivity index (χ2n) is 6.15. The molecule has 0 spiro atoms. The third kappa shape index (κ3) is 6.55.